The third kappa shape index (κ3) is 2.28. The zero-order valence-electron chi connectivity index (χ0n) is 10.9. The van der Waals surface area contributed by atoms with E-state index in [9.17, 15) is 9.90 Å². The van der Waals surface area contributed by atoms with Crippen molar-refractivity contribution in [2.24, 2.45) is 0 Å². The standard InChI is InChI=1S/C14H23NO3/c16-12(17)14(7-8-14)15-11-4-9-18-13(10-11)5-2-1-3-6-13/h11,15H,1-10H2,(H,16,17). The summed E-state index contributed by atoms with van der Waals surface area (Å²) in [6.45, 7) is 0.785. The Kier molecular flexibility index (Phi) is 3.10. The van der Waals surface area contributed by atoms with Crippen molar-refractivity contribution in [3.63, 3.8) is 0 Å². The maximum atomic E-state index is 11.2. The molecule has 1 heterocycles. The Morgan fingerprint density at radius 2 is 1.89 bits per heavy atom. The van der Waals surface area contributed by atoms with Crippen molar-refractivity contribution in [3.05, 3.63) is 0 Å². The lowest BCUT2D eigenvalue weighted by Gasteiger charge is -2.44. The fourth-order valence-corrected chi connectivity index (χ4v) is 3.63. The molecule has 0 aromatic rings. The SMILES string of the molecule is O=C(O)C1(NC2CCOC3(CCCCC3)C2)CC1. The quantitative estimate of drug-likeness (QED) is 0.808. The highest BCUT2D eigenvalue weighted by Gasteiger charge is 2.52. The van der Waals surface area contributed by atoms with E-state index in [0.29, 0.717) is 6.04 Å². The van der Waals surface area contributed by atoms with Gasteiger partial charge in [-0.1, -0.05) is 19.3 Å². The van der Waals surface area contributed by atoms with E-state index in [2.05, 4.69) is 5.32 Å². The van der Waals surface area contributed by atoms with Crippen LogP contribution in [0, 0.1) is 0 Å². The first-order valence-electron chi connectivity index (χ1n) is 7.29. The molecule has 2 aliphatic carbocycles. The van der Waals surface area contributed by atoms with Gasteiger partial charge in [-0.3, -0.25) is 10.1 Å². The predicted molar refractivity (Wildman–Crippen MR) is 67.5 cm³/mol. The minimum atomic E-state index is -0.674. The van der Waals surface area contributed by atoms with Gasteiger partial charge in [-0.25, -0.2) is 0 Å². The molecule has 4 nitrogen and oxygen atoms in total. The molecule has 4 heteroatoms. The maximum Gasteiger partial charge on any atom is 0.323 e. The number of aliphatic carboxylic acids is 1. The first-order valence-corrected chi connectivity index (χ1v) is 7.29. The largest absolute Gasteiger partial charge is 0.480 e. The number of nitrogens with one attached hydrogen (secondary N) is 1. The third-order valence-electron chi connectivity index (χ3n) is 4.90. The van der Waals surface area contributed by atoms with Crippen molar-refractivity contribution in [1.82, 2.24) is 5.32 Å². The fraction of sp³-hybridized carbons (Fsp3) is 0.929. The average molecular weight is 253 g/mol. The molecule has 1 saturated heterocycles. The van der Waals surface area contributed by atoms with Crippen LogP contribution in [0.15, 0.2) is 0 Å². The predicted octanol–water partition coefficient (Wildman–Crippen LogP) is 2.08. The summed E-state index contributed by atoms with van der Waals surface area (Å²) in [5, 5.41) is 12.6. The summed E-state index contributed by atoms with van der Waals surface area (Å²) in [6.07, 6.45) is 9.69. The second-order valence-electron chi connectivity index (χ2n) is 6.31. The number of hydrogen-bond donors (Lipinski definition) is 2. The summed E-state index contributed by atoms with van der Waals surface area (Å²) in [5.74, 6) is -0.674. The number of carbonyl (C=O) groups is 1. The fourth-order valence-electron chi connectivity index (χ4n) is 3.63. The maximum absolute atomic E-state index is 11.2. The van der Waals surface area contributed by atoms with Gasteiger partial charge in [-0.15, -0.1) is 0 Å². The van der Waals surface area contributed by atoms with E-state index in [4.69, 9.17) is 4.74 Å². The molecule has 18 heavy (non-hydrogen) atoms. The van der Waals surface area contributed by atoms with E-state index in [1.54, 1.807) is 0 Å². The smallest absolute Gasteiger partial charge is 0.323 e. The van der Waals surface area contributed by atoms with Gasteiger partial charge in [0.15, 0.2) is 0 Å². The second kappa shape index (κ2) is 4.49. The van der Waals surface area contributed by atoms with Gasteiger partial charge in [0.2, 0.25) is 0 Å². The summed E-state index contributed by atoms with van der Waals surface area (Å²) >= 11 is 0. The Morgan fingerprint density at radius 1 is 1.17 bits per heavy atom. The highest BCUT2D eigenvalue weighted by atomic mass is 16.5. The zero-order chi connectivity index (χ0) is 12.6. The van der Waals surface area contributed by atoms with Crippen LogP contribution >= 0.6 is 0 Å². The lowest BCUT2D eigenvalue weighted by Crippen LogP contribution is -2.53. The number of rotatable bonds is 3. The zero-order valence-corrected chi connectivity index (χ0v) is 10.9. The molecule has 0 amide bonds. The molecular formula is C14H23NO3. The lowest BCUT2D eigenvalue weighted by molar-refractivity contribution is -0.143. The van der Waals surface area contributed by atoms with E-state index in [0.717, 1.165) is 45.1 Å². The van der Waals surface area contributed by atoms with E-state index in [1.165, 1.54) is 19.3 Å². The summed E-state index contributed by atoms with van der Waals surface area (Å²) in [4.78, 5) is 11.2. The van der Waals surface area contributed by atoms with E-state index in [1.807, 2.05) is 0 Å². The van der Waals surface area contributed by atoms with Crippen LogP contribution in [0.1, 0.15) is 57.8 Å². The molecule has 3 rings (SSSR count). The van der Waals surface area contributed by atoms with E-state index in [-0.39, 0.29) is 5.60 Å². The van der Waals surface area contributed by atoms with Gasteiger partial charge in [0.25, 0.3) is 0 Å². The van der Waals surface area contributed by atoms with Gasteiger partial charge in [-0.2, -0.15) is 0 Å². The Balaban J connectivity index is 1.62. The normalized spacial score (nSPS) is 33.2. The molecule has 0 radical (unpaired) electrons. The van der Waals surface area contributed by atoms with Crippen molar-refractivity contribution < 1.29 is 14.6 Å². The van der Waals surface area contributed by atoms with Gasteiger partial charge < -0.3 is 9.84 Å². The van der Waals surface area contributed by atoms with Crippen LogP contribution in [-0.2, 0) is 9.53 Å². The molecule has 1 unspecified atom stereocenters. The van der Waals surface area contributed by atoms with Crippen LogP contribution in [-0.4, -0.2) is 34.9 Å². The monoisotopic (exact) mass is 253 g/mol. The van der Waals surface area contributed by atoms with Crippen molar-refractivity contribution in [2.45, 2.75) is 75.0 Å². The van der Waals surface area contributed by atoms with Crippen molar-refractivity contribution in [2.75, 3.05) is 6.61 Å². The second-order valence-corrected chi connectivity index (χ2v) is 6.31. The Morgan fingerprint density at radius 3 is 2.50 bits per heavy atom. The summed E-state index contributed by atoms with van der Waals surface area (Å²) < 4.78 is 6.04. The van der Waals surface area contributed by atoms with Crippen molar-refractivity contribution >= 4 is 5.97 Å². The molecule has 2 N–H and O–H groups in total. The first-order chi connectivity index (χ1) is 8.64. The third-order valence-corrected chi connectivity index (χ3v) is 4.90. The van der Waals surface area contributed by atoms with Gasteiger partial charge in [-0.05, 0) is 38.5 Å². The highest BCUT2D eigenvalue weighted by Crippen LogP contribution is 2.41. The number of hydrogen-bond acceptors (Lipinski definition) is 3. The molecule has 3 aliphatic rings. The summed E-state index contributed by atoms with van der Waals surface area (Å²) in [7, 11) is 0. The molecule has 1 atom stereocenters. The van der Waals surface area contributed by atoms with Gasteiger partial charge in [0, 0.05) is 12.6 Å². The Bertz CT molecular complexity index is 326. The van der Waals surface area contributed by atoms with Crippen LogP contribution in [0.5, 0.6) is 0 Å². The van der Waals surface area contributed by atoms with Crippen LogP contribution < -0.4 is 5.32 Å². The van der Waals surface area contributed by atoms with Gasteiger partial charge in [0.05, 0.1) is 5.60 Å². The number of ether oxygens (including phenoxy) is 1. The lowest BCUT2D eigenvalue weighted by atomic mass is 9.78. The van der Waals surface area contributed by atoms with Crippen LogP contribution in [0.2, 0.25) is 0 Å². The summed E-state index contributed by atoms with van der Waals surface area (Å²) in [5.41, 5.74) is -0.541. The molecular weight excluding hydrogens is 230 g/mol. The minimum Gasteiger partial charge on any atom is -0.480 e. The number of carboxylic acids is 1. The summed E-state index contributed by atoms with van der Waals surface area (Å²) in [6, 6.07) is 0.329. The van der Waals surface area contributed by atoms with E-state index >= 15 is 0 Å². The molecule has 0 aromatic heterocycles. The minimum absolute atomic E-state index is 0.0583. The average Bonchev–Trinajstić information content (AvgIpc) is 3.11. The molecule has 0 aromatic carbocycles. The number of carboxylic acid groups (broad SMARTS) is 1. The highest BCUT2D eigenvalue weighted by molar-refractivity contribution is 5.82. The Labute approximate surface area is 108 Å². The van der Waals surface area contributed by atoms with Crippen molar-refractivity contribution in [3.8, 4) is 0 Å². The van der Waals surface area contributed by atoms with Gasteiger partial charge >= 0.3 is 5.97 Å². The molecule has 0 bridgehead atoms. The molecule has 1 spiro atoms. The molecule has 3 fully saturated rings. The molecule has 102 valence electrons. The molecule has 1 aliphatic heterocycles. The van der Waals surface area contributed by atoms with E-state index < -0.39 is 11.5 Å². The van der Waals surface area contributed by atoms with Crippen LogP contribution in [0.25, 0.3) is 0 Å². The molecule has 2 saturated carbocycles. The van der Waals surface area contributed by atoms with Crippen LogP contribution in [0.4, 0.5) is 0 Å². The van der Waals surface area contributed by atoms with Crippen LogP contribution in [0.3, 0.4) is 0 Å². The first kappa shape index (κ1) is 12.4. The van der Waals surface area contributed by atoms with Crippen molar-refractivity contribution in [1.29, 1.82) is 0 Å². The topological polar surface area (TPSA) is 58.6 Å². The Hall–Kier alpha value is -0.610. The van der Waals surface area contributed by atoms with Gasteiger partial charge in [0.1, 0.15) is 5.54 Å².